The zero-order chi connectivity index (χ0) is 36.8. The summed E-state index contributed by atoms with van der Waals surface area (Å²) in [5.41, 5.74) is 0. The van der Waals surface area contributed by atoms with Crippen molar-refractivity contribution in [2.45, 2.75) is 246 Å². The van der Waals surface area contributed by atoms with Gasteiger partial charge in [0.15, 0.2) is 6.10 Å². The van der Waals surface area contributed by atoms with Crippen molar-refractivity contribution in [3.63, 3.8) is 0 Å². The molecule has 1 atom stereocenters. The average Bonchev–Trinajstić information content (AvgIpc) is 3.09. The molecule has 50 heavy (non-hydrogen) atoms. The Morgan fingerprint density at radius 2 is 0.660 bits per heavy atom. The van der Waals surface area contributed by atoms with Crippen LogP contribution in [0.2, 0.25) is 0 Å². The van der Waals surface area contributed by atoms with Crippen LogP contribution in [0.4, 0.5) is 0 Å². The second kappa shape index (κ2) is 38.6. The van der Waals surface area contributed by atoms with Crippen molar-refractivity contribution < 1.29 is 28.6 Å². The van der Waals surface area contributed by atoms with E-state index in [4.69, 9.17) is 14.2 Å². The lowest BCUT2D eigenvalue weighted by molar-refractivity contribution is -0.167. The first-order valence-corrected chi connectivity index (χ1v) is 21.9. The Morgan fingerprint density at radius 3 is 0.980 bits per heavy atom. The van der Waals surface area contributed by atoms with Gasteiger partial charge in [-0.15, -0.1) is 0 Å². The van der Waals surface area contributed by atoms with Crippen LogP contribution in [0, 0.1) is 5.92 Å². The van der Waals surface area contributed by atoms with E-state index in [0.29, 0.717) is 19.3 Å². The van der Waals surface area contributed by atoms with Crippen molar-refractivity contribution in [2.75, 3.05) is 13.2 Å². The van der Waals surface area contributed by atoms with E-state index in [2.05, 4.69) is 27.7 Å². The summed E-state index contributed by atoms with van der Waals surface area (Å²) in [6.45, 7) is 8.91. The van der Waals surface area contributed by atoms with Gasteiger partial charge in [-0.2, -0.15) is 0 Å². The first-order valence-electron chi connectivity index (χ1n) is 21.9. The van der Waals surface area contributed by atoms with E-state index in [-0.39, 0.29) is 31.1 Å². The van der Waals surface area contributed by atoms with Crippen LogP contribution < -0.4 is 0 Å². The summed E-state index contributed by atoms with van der Waals surface area (Å²) in [6, 6.07) is 0. The van der Waals surface area contributed by atoms with Gasteiger partial charge in [0, 0.05) is 19.3 Å². The third-order valence-electron chi connectivity index (χ3n) is 9.79. The molecule has 0 rings (SSSR count). The van der Waals surface area contributed by atoms with E-state index >= 15 is 0 Å². The van der Waals surface area contributed by atoms with Crippen LogP contribution in [-0.2, 0) is 28.6 Å². The van der Waals surface area contributed by atoms with Gasteiger partial charge >= 0.3 is 17.9 Å². The molecule has 296 valence electrons. The van der Waals surface area contributed by atoms with Gasteiger partial charge in [0.25, 0.3) is 0 Å². The Balaban J connectivity index is 4.17. The van der Waals surface area contributed by atoms with Gasteiger partial charge in [-0.1, -0.05) is 201 Å². The summed E-state index contributed by atoms with van der Waals surface area (Å²) in [4.78, 5) is 37.4. The fourth-order valence-corrected chi connectivity index (χ4v) is 6.45. The van der Waals surface area contributed by atoms with Crippen LogP contribution in [0.3, 0.4) is 0 Å². The van der Waals surface area contributed by atoms with E-state index in [0.717, 1.165) is 70.1 Å². The summed E-state index contributed by atoms with van der Waals surface area (Å²) in [7, 11) is 0. The number of unbranched alkanes of at least 4 members (excludes halogenated alkanes) is 26. The number of hydrogen-bond acceptors (Lipinski definition) is 6. The topological polar surface area (TPSA) is 78.9 Å². The minimum absolute atomic E-state index is 0.0649. The van der Waals surface area contributed by atoms with Crippen LogP contribution in [0.5, 0.6) is 0 Å². The summed E-state index contributed by atoms with van der Waals surface area (Å²) >= 11 is 0. The highest BCUT2D eigenvalue weighted by Crippen LogP contribution is 2.16. The van der Waals surface area contributed by atoms with Crippen molar-refractivity contribution in [1.82, 2.24) is 0 Å². The monoisotopic (exact) mass is 709 g/mol. The number of carbonyl (C=O) groups excluding carboxylic acids is 3. The first kappa shape index (κ1) is 48.4. The van der Waals surface area contributed by atoms with Crippen molar-refractivity contribution >= 4 is 17.9 Å². The maximum Gasteiger partial charge on any atom is 0.306 e. The van der Waals surface area contributed by atoms with Gasteiger partial charge in [-0.3, -0.25) is 14.4 Å². The summed E-state index contributed by atoms with van der Waals surface area (Å²) in [5, 5.41) is 0. The third-order valence-corrected chi connectivity index (χ3v) is 9.79. The Labute approximate surface area is 310 Å². The SMILES string of the molecule is CCCCCCCCCCCCCC(=O)O[C@H](COC(=O)CCCCCCC)COC(=O)CCCCCCCCCCCCCCCC(C)C. The molecular formula is C44H84O6. The third kappa shape index (κ3) is 37.7. The molecule has 0 amide bonds. The Bertz CT molecular complexity index is 751. The molecule has 0 saturated heterocycles. The molecule has 0 fully saturated rings. The highest BCUT2D eigenvalue weighted by atomic mass is 16.6. The van der Waals surface area contributed by atoms with Gasteiger partial charge in [0.05, 0.1) is 0 Å². The maximum atomic E-state index is 12.6. The largest absolute Gasteiger partial charge is 0.462 e. The minimum Gasteiger partial charge on any atom is -0.462 e. The van der Waals surface area contributed by atoms with E-state index in [1.807, 2.05) is 0 Å². The fraction of sp³-hybridized carbons (Fsp3) is 0.932. The maximum absolute atomic E-state index is 12.6. The van der Waals surface area contributed by atoms with Crippen LogP contribution in [0.25, 0.3) is 0 Å². The molecule has 0 spiro atoms. The van der Waals surface area contributed by atoms with E-state index in [1.165, 1.54) is 128 Å². The van der Waals surface area contributed by atoms with Gasteiger partial charge in [0.2, 0.25) is 0 Å². The highest BCUT2D eigenvalue weighted by Gasteiger charge is 2.19. The standard InChI is InChI=1S/C44H84O6/c1-5-7-9-11-12-13-17-22-25-29-33-37-44(47)50-41(38-48-42(45)35-31-26-10-8-6-2)39-49-43(46)36-32-28-24-21-19-16-14-15-18-20-23-27-30-34-40(3)4/h40-41H,5-39H2,1-4H3/t41-/m1/s1. The van der Waals surface area contributed by atoms with Gasteiger partial charge in [-0.25, -0.2) is 0 Å². The Morgan fingerprint density at radius 1 is 0.380 bits per heavy atom. The zero-order valence-electron chi connectivity index (χ0n) is 33.9. The predicted octanol–water partition coefficient (Wildman–Crippen LogP) is 13.6. The Kier molecular flexibility index (Phi) is 37.4. The molecular weight excluding hydrogens is 624 g/mol. The highest BCUT2D eigenvalue weighted by molar-refractivity contribution is 5.71. The molecule has 0 bridgehead atoms. The summed E-state index contributed by atoms with van der Waals surface area (Å²) in [6.07, 6.45) is 36.8. The average molecular weight is 709 g/mol. The van der Waals surface area contributed by atoms with Crippen LogP contribution in [0.15, 0.2) is 0 Å². The molecule has 0 aliphatic carbocycles. The van der Waals surface area contributed by atoms with E-state index < -0.39 is 6.10 Å². The van der Waals surface area contributed by atoms with Crippen LogP contribution in [-0.4, -0.2) is 37.2 Å². The second-order valence-electron chi connectivity index (χ2n) is 15.5. The smallest absolute Gasteiger partial charge is 0.306 e. The molecule has 0 aromatic heterocycles. The molecule has 0 aliphatic rings. The number of rotatable bonds is 39. The lowest BCUT2D eigenvalue weighted by Gasteiger charge is -2.18. The molecule has 6 nitrogen and oxygen atoms in total. The molecule has 0 radical (unpaired) electrons. The number of carbonyl (C=O) groups is 3. The van der Waals surface area contributed by atoms with Gasteiger partial charge < -0.3 is 14.2 Å². The first-order chi connectivity index (χ1) is 24.4. The second-order valence-corrected chi connectivity index (χ2v) is 15.5. The number of hydrogen-bond donors (Lipinski definition) is 0. The molecule has 0 aromatic rings. The number of ether oxygens (including phenoxy) is 3. The molecule has 6 heteroatoms. The van der Waals surface area contributed by atoms with Crippen molar-refractivity contribution in [2.24, 2.45) is 5.92 Å². The van der Waals surface area contributed by atoms with Gasteiger partial charge in [0.1, 0.15) is 13.2 Å². The van der Waals surface area contributed by atoms with Crippen LogP contribution in [0.1, 0.15) is 240 Å². The lowest BCUT2D eigenvalue weighted by atomic mass is 10.0. The molecule has 0 heterocycles. The minimum atomic E-state index is -0.756. The molecule has 0 aromatic carbocycles. The lowest BCUT2D eigenvalue weighted by Crippen LogP contribution is -2.30. The zero-order valence-corrected chi connectivity index (χ0v) is 33.9. The van der Waals surface area contributed by atoms with Crippen molar-refractivity contribution in [1.29, 1.82) is 0 Å². The molecule has 0 unspecified atom stereocenters. The molecule has 0 saturated carbocycles. The Hall–Kier alpha value is -1.59. The predicted molar refractivity (Wildman–Crippen MR) is 210 cm³/mol. The molecule has 0 N–H and O–H groups in total. The van der Waals surface area contributed by atoms with Crippen molar-refractivity contribution in [3.05, 3.63) is 0 Å². The van der Waals surface area contributed by atoms with Gasteiger partial charge in [-0.05, 0) is 25.2 Å². The summed E-state index contributed by atoms with van der Waals surface area (Å²) in [5.74, 6) is -0.0311. The van der Waals surface area contributed by atoms with E-state index in [1.54, 1.807) is 0 Å². The van der Waals surface area contributed by atoms with Crippen LogP contribution >= 0.6 is 0 Å². The summed E-state index contributed by atoms with van der Waals surface area (Å²) < 4.78 is 16.6. The van der Waals surface area contributed by atoms with E-state index in [9.17, 15) is 14.4 Å². The van der Waals surface area contributed by atoms with Crippen molar-refractivity contribution in [3.8, 4) is 0 Å². The fourth-order valence-electron chi connectivity index (χ4n) is 6.45. The molecule has 0 aliphatic heterocycles. The number of esters is 3. The quantitative estimate of drug-likeness (QED) is 0.0359. The normalized spacial score (nSPS) is 11.9.